The molecule has 3 rings (SSSR count). The van der Waals surface area contributed by atoms with Gasteiger partial charge in [0.2, 0.25) is 5.91 Å². The first kappa shape index (κ1) is 20.7. The molecular formula is C21H30N4O2S. The van der Waals surface area contributed by atoms with Crippen molar-refractivity contribution in [3.05, 3.63) is 24.3 Å². The number of hydrogen-bond acceptors (Lipinski definition) is 5. The molecule has 0 aliphatic heterocycles. The van der Waals surface area contributed by atoms with Crippen LogP contribution in [-0.2, 0) is 4.79 Å². The fourth-order valence-electron chi connectivity index (χ4n) is 3.77. The maximum absolute atomic E-state index is 12.4. The first-order valence-electron chi connectivity index (χ1n) is 10.2. The summed E-state index contributed by atoms with van der Waals surface area (Å²) in [6.45, 7) is 5.50. The summed E-state index contributed by atoms with van der Waals surface area (Å²) in [5.74, 6) is 2.26. The van der Waals surface area contributed by atoms with E-state index in [1.807, 2.05) is 43.0 Å². The first-order chi connectivity index (χ1) is 13.7. The number of aromatic nitrogens is 3. The molecule has 2 aromatic rings. The molecule has 1 aliphatic carbocycles. The fourth-order valence-corrected chi connectivity index (χ4v) is 4.68. The maximum atomic E-state index is 12.4. The molecule has 1 aromatic carbocycles. The largest absolute Gasteiger partial charge is 0.497 e. The Labute approximate surface area is 171 Å². The van der Waals surface area contributed by atoms with Crippen molar-refractivity contribution in [2.45, 2.75) is 57.1 Å². The van der Waals surface area contributed by atoms with Gasteiger partial charge in [0, 0.05) is 24.7 Å². The average molecular weight is 403 g/mol. The highest BCUT2D eigenvalue weighted by Gasteiger charge is 2.24. The van der Waals surface area contributed by atoms with Crippen LogP contribution in [0.4, 0.5) is 0 Å². The topological polar surface area (TPSA) is 60.3 Å². The Hall–Kier alpha value is -2.02. The smallest absolute Gasteiger partial charge is 0.233 e. The van der Waals surface area contributed by atoms with E-state index in [0.717, 1.165) is 48.2 Å². The Balaban J connectivity index is 1.87. The second-order valence-corrected chi connectivity index (χ2v) is 7.99. The third-order valence-corrected chi connectivity index (χ3v) is 6.32. The van der Waals surface area contributed by atoms with Crippen LogP contribution in [0.1, 0.15) is 52.0 Å². The van der Waals surface area contributed by atoms with E-state index in [0.29, 0.717) is 11.8 Å². The Kier molecular flexibility index (Phi) is 7.36. The number of amides is 1. The summed E-state index contributed by atoms with van der Waals surface area (Å²) in [5.41, 5.74) is 1.03. The third-order valence-electron chi connectivity index (χ3n) is 5.39. The first-order valence-corrected chi connectivity index (χ1v) is 11.2. The highest BCUT2D eigenvalue weighted by molar-refractivity contribution is 7.99. The second kappa shape index (κ2) is 9.96. The maximum Gasteiger partial charge on any atom is 0.233 e. The van der Waals surface area contributed by atoms with Crippen LogP contribution in [0.3, 0.4) is 0 Å². The average Bonchev–Trinajstić information content (AvgIpc) is 3.17. The predicted molar refractivity (Wildman–Crippen MR) is 113 cm³/mol. The Morgan fingerprint density at radius 3 is 2.43 bits per heavy atom. The van der Waals surface area contributed by atoms with E-state index in [9.17, 15) is 4.79 Å². The van der Waals surface area contributed by atoms with Gasteiger partial charge >= 0.3 is 0 Å². The van der Waals surface area contributed by atoms with Crippen molar-refractivity contribution in [3.63, 3.8) is 0 Å². The normalized spacial score (nSPS) is 14.8. The van der Waals surface area contributed by atoms with E-state index < -0.39 is 0 Å². The third kappa shape index (κ3) is 4.69. The summed E-state index contributed by atoms with van der Waals surface area (Å²) >= 11 is 1.50. The lowest BCUT2D eigenvalue weighted by Crippen LogP contribution is -2.32. The van der Waals surface area contributed by atoms with E-state index in [-0.39, 0.29) is 5.91 Å². The van der Waals surface area contributed by atoms with E-state index in [4.69, 9.17) is 4.74 Å². The van der Waals surface area contributed by atoms with Crippen LogP contribution in [0.15, 0.2) is 29.4 Å². The Morgan fingerprint density at radius 1 is 1.14 bits per heavy atom. The molecule has 0 N–H and O–H groups in total. The molecule has 6 nitrogen and oxygen atoms in total. The van der Waals surface area contributed by atoms with E-state index in [1.54, 1.807) is 7.11 Å². The number of carbonyl (C=O) groups excluding carboxylic acids is 1. The molecule has 1 saturated carbocycles. The summed E-state index contributed by atoms with van der Waals surface area (Å²) in [6.07, 6.45) is 6.03. The summed E-state index contributed by atoms with van der Waals surface area (Å²) in [6, 6.07) is 8.35. The highest BCUT2D eigenvalue weighted by Crippen LogP contribution is 2.36. The second-order valence-electron chi connectivity index (χ2n) is 7.05. The van der Waals surface area contributed by atoms with Crippen molar-refractivity contribution in [1.82, 2.24) is 19.7 Å². The van der Waals surface area contributed by atoms with Crippen LogP contribution in [0.2, 0.25) is 0 Å². The lowest BCUT2D eigenvalue weighted by atomic mass is 9.95. The van der Waals surface area contributed by atoms with Crippen LogP contribution >= 0.6 is 11.8 Å². The fraction of sp³-hybridized carbons (Fsp3) is 0.571. The monoisotopic (exact) mass is 402 g/mol. The van der Waals surface area contributed by atoms with Crippen LogP contribution in [0, 0.1) is 0 Å². The van der Waals surface area contributed by atoms with Gasteiger partial charge < -0.3 is 9.64 Å². The number of ether oxygens (including phenoxy) is 1. The molecule has 7 heteroatoms. The molecule has 1 aromatic heterocycles. The number of thioether (sulfide) groups is 1. The summed E-state index contributed by atoms with van der Waals surface area (Å²) in [7, 11) is 1.67. The lowest BCUT2D eigenvalue weighted by Gasteiger charge is -2.26. The van der Waals surface area contributed by atoms with Gasteiger partial charge in [-0.2, -0.15) is 0 Å². The molecule has 28 heavy (non-hydrogen) atoms. The zero-order valence-corrected chi connectivity index (χ0v) is 17.9. The molecule has 1 fully saturated rings. The van der Waals surface area contributed by atoms with Gasteiger partial charge in [0.1, 0.15) is 5.75 Å². The number of methoxy groups -OCH3 is 1. The van der Waals surface area contributed by atoms with Gasteiger partial charge in [-0.25, -0.2) is 0 Å². The van der Waals surface area contributed by atoms with Crippen molar-refractivity contribution < 1.29 is 9.53 Å². The van der Waals surface area contributed by atoms with E-state index >= 15 is 0 Å². The summed E-state index contributed by atoms with van der Waals surface area (Å²) in [5, 5.41) is 9.82. The van der Waals surface area contributed by atoms with Crippen LogP contribution in [0.25, 0.3) is 11.4 Å². The summed E-state index contributed by atoms with van der Waals surface area (Å²) in [4.78, 5) is 14.3. The van der Waals surface area contributed by atoms with Crippen molar-refractivity contribution in [1.29, 1.82) is 0 Å². The van der Waals surface area contributed by atoms with Crippen molar-refractivity contribution >= 4 is 17.7 Å². The zero-order chi connectivity index (χ0) is 19.9. The molecule has 1 heterocycles. The molecule has 0 spiro atoms. The SMILES string of the molecule is CCN(CC)C(=O)CSc1nnc(-c2ccc(OC)cc2)n1C1CCCCC1. The van der Waals surface area contributed by atoms with Crippen molar-refractivity contribution in [2.75, 3.05) is 26.0 Å². The highest BCUT2D eigenvalue weighted by atomic mass is 32.2. The van der Waals surface area contributed by atoms with Crippen LogP contribution in [0.5, 0.6) is 5.75 Å². The Morgan fingerprint density at radius 2 is 1.82 bits per heavy atom. The van der Waals surface area contributed by atoms with Gasteiger partial charge in [-0.1, -0.05) is 31.0 Å². The van der Waals surface area contributed by atoms with Crippen molar-refractivity contribution in [3.8, 4) is 17.1 Å². The van der Waals surface area contributed by atoms with E-state index in [2.05, 4.69) is 14.8 Å². The standard InChI is InChI=1S/C21H30N4O2S/c1-4-24(5-2)19(26)15-28-21-23-22-20(16-11-13-18(27-3)14-12-16)25(21)17-9-7-6-8-10-17/h11-14,17H,4-10,15H2,1-3H3. The number of rotatable bonds is 8. The molecule has 0 saturated heterocycles. The summed E-state index contributed by atoms with van der Waals surface area (Å²) < 4.78 is 7.54. The Bertz CT molecular complexity index is 765. The number of hydrogen-bond donors (Lipinski definition) is 0. The number of benzene rings is 1. The quantitative estimate of drug-likeness (QED) is 0.612. The van der Waals surface area contributed by atoms with Gasteiger partial charge in [0.25, 0.3) is 0 Å². The van der Waals surface area contributed by atoms with Gasteiger partial charge in [0.15, 0.2) is 11.0 Å². The molecular weight excluding hydrogens is 372 g/mol. The van der Waals surface area contributed by atoms with Gasteiger partial charge in [0.05, 0.1) is 12.9 Å². The molecule has 0 atom stereocenters. The number of nitrogens with zero attached hydrogens (tertiary/aromatic N) is 4. The minimum atomic E-state index is 0.152. The molecule has 1 amide bonds. The molecule has 0 radical (unpaired) electrons. The molecule has 0 unspecified atom stereocenters. The van der Waals surface area contributed by atoms with Crippen LogP contribution < -0.4 is 4.74 Å². The molecule has 152 valence electrons. The van der Waals surface area contributed by atoms with Crippen LogP contribution in [-0.4, -0.2) is 51.5 Å². The molecule has 0 bridgehead atoms. The van der Waals surface area contributed by atoms with Crippen molar-refractivity contribution in [2.24, 2.45) is 0 Å². The minimum Gasteiger partial charge on any atom is -0.497 e. The van der Waals surface area contributed by atoms with Gasteiger partial charge in [-0.05, 0) is 51.0 Å². The number of carbonyl (C=O) groups is 1. The molecule has 1 aliphatic rings. The predicted octanol–water partition coefficient (Wildman–Crippen LogP) is 4.42. The minimum absolute atomic E-state index is 0.152. The van der Waals surface area contributed by atoms with Gasteiger partial charge in [-0.15, -0.1) is 10.2 Å². The lowest BCUT2D eigenvalue weighted by molar-refractivity contribution is -0.127. The van der Waals surface area contributed by atoms with Gasteiger partial charge in [-0.3, -0.25) is 9.36 Å². The van der Waals surface area contributed by atoms with E-state index in [1.165, 1.54) is 31.0 Å². The zero-order valence-electron chi connectivity index (χ0n) is 17.1.